The predicted octanol–water partition coefficient (Wildman–Crippen LogP) is 3.82. The molecule has 0 aromatic heterocycles. The summed E-state index contributed by atoms with van der Waals surface area (Å²) in [4.78, 5) is 21.9. The van der Waals surface area contributed by atoms with Crippen molar-refractivity contribution in [3.8, 4) is 0 Å². The number of carbonyl (C=O) groups excluding carboxylic acids is 1. The third-order valence-electron chi connectivity index (χ3n) is 4.62. The summed E-state index contributed by atoms with van der Waals surface area (Å²) >= 11 is 0. The first-order valence-electron chi connectivity index (χ1n) is 9.21. The van der Waals surface area contributed by atoms with Crippen molar-refractivity contribution in [2.45, 2.75) is 27.7 Å². The molecule has 0 radical (unpaired) electrons. The van der Waals surface area contributed by atoms with E-state index in [1.165, 1.54) is 0 Å². The van der Waals surface area contributed by atoms with Crippen molar-refractivity contribution in [3.05, 3.63) is 54.2 Å². The second-order valence-corrected chi connectivity index (χ2v) is 5.95. The van der Waals surface area contributed by atoms with Gasteiger partial charge in [0.2, 0.25) is 5.91 Å². The Morgan fingerprint density at radius 3 is 2.20 bits per heavy atom. The number of aliphatic imine (C=N–C) groups is 1. The standard InChI is InChI=1S/C21H29N3O/c1-5-23(6-2)20-19(21(25)24(7-3)8-4)16-18(14-15-22-20)17-12-10-9-11-13-17/h9-16,19H,5-8H2,1-4H3. The molecule has 2 rings (SSSR count). The van der Waals surface area contributed by atoms with E-state index in [1.54, 1.807) is 0 Å². The van der Waals surface area contributed by atoms with Gasteiger partial charge in [-0.05, 0) is 44.9 Å². The van der Waals surface area contributed by atoms with Crippen molar-refractivity contribution in [2.75, 3.05) is 26.2 Å². The van der Waals surface area contributed by atoms with Crippen molar-refractivity contribution in [1.29, 1.82) is 0 Å². The molecule has 1 amide bonds. The molecule has 0 fully saturated rings. The summed E-state index contributed by atoms with van der Waals surface area (Å²) in [6.45, 7) is 11.3. The van der Waals surface area contributed by atoms with Crippen LogP contribution in [0, 0.1) is 5.92 Å². The van der Waals surface area contributed by atoms with Gasteiger partial charge in [0, 0.05) is 32.4 Å². The monoisotopic (exact) mass is 339 g/mol. The van der Waals surface area contributed by atoms with Gasteiger partial charge >= 0.3 is 0 Å². The fourth-order valence-electron chi connectivity index (χ4n) is 3.15. The van der Waals surface area contributed by atoms with Gasteiger partial charge in [-0.2, -0.15) is 0 Å². The van der Waals surface area contributed by atoms with Crippen LogP contribution in [-0.4, -0.2) is 47.7 Å². The SMILES string of the molecule is CCN(CC)C(=O)C1C=C(c2ccccc2)C=CN=C1N(CC)CC. The molecule has 25 heavy (non-hydrogen) atoms. The van der Waals surface area contributed by atoms with E-state index < -0.39 is 0 Å². The molecule has 1 aromatic rings. The molecule has 1 heterocycles. The lowest BCUT2D eigenvalue weighted by atomic mass is 9.97. The van der Waals surface area contributed by atoms with E-state index in [-0.39, 0.29) is 11.8 Å². The predicted molar refractivity (Wildman–Crippen MR) is 105 cm³/mol. The number of benzene rings is 1. The summed E-state index contributed by atoms with van der Waals surface area (Å²) in [5.74, 6) is 0.599. The highest BCUT2D eigenvalue weighted by Gasteiger charge is 2.29. The van der Waals surface area contributed by atoms with Crippen LogP contribution < -0.4 is 0 Å². The summed E-state index contributed by atoms with van der Waals surface area (Å²) in [6.07, 6.45) is 5.88. The van der Waals surface area contributed by atoms with E-state index in [4.69, 9.17) is 0 Å². The van der Waals surface area contributed by atoms with Gasteiger partial charge < -0.3 is 9.80 Å². The molecule has 1 aromatic carbocycles. The average Bonchev–Trinajstić information content (AvgIpc) is 2.88. The summed E-state index contributed by atoms with van der Waals surface area (Å²) in [5.41, 5.74) is 2.14. The van der Waals surface area contributed by atoms with Crippen molar-refractivity contribution in [1.82, 2.24) is 9.80 Å². The maximum absolute atomic E-state index is 13.2. The van der Waals surface area contributed by atoms with Gasteiger partial charge in [0.05, 0.1) is 0 Å². The Morgan fingerprint density at radius 2 is 1.64 bits per heavy atom. The van der Waals surface area contributed by atoms with Crippen LogP contribution in [0.15, 0.2) is 53.7 Å². The highest BCUT2D eigenvalue weighted by molar-refractivity contribution is 6.07. The summed E-state index contributed by atoms with van der Waals surface area (Å²) < 4.78 is 0. The minimum atomic E-state index is -0.356. The average molecular weight is 339 g/mol. The van der Waals surface area contributed by atoms with Crippen LogP contribution in [0.4, 0.5) is 0 Å². The highest BCUT2D eigenvalue weighted by Crippen LogP contribution is 2.24. The third-order valence-corrected chi connectivity index (χ3v) is 4.62. The van der Waals surface area contributed by atoms with Crippen LogP contribution in [0.5, 0.6) is 0 Å². The molecule has 1 unspecified atom stereocenters. The van der Waals surface area contributed by atoms with Crippen LogP contribution in [0.2, 0.25) is 0 Å². The van der Waals surface area contributed by atoms with Crippen LogP contribution in [-0.2, 0) is 4.79 Å². The van der Waals surface area contributed by atoms with Gasteiger partial charge in [0.25, 0.3) is 0 Å². The van der Waals surface area contributed by atoms with E-state index >= 15 is 0 Å². The van der Waals surface area contributed by atoms with E-state index in [1.807, 2.05) is 49.2 Å². The number of hydrogen-bond donors (Lipinski definition) is 0. The molecule has 0 bridgehead atoms. The molecule has 0 spiro atoms. The molecule has 4 nitrogen and oxygen atoms in total. The number of rotatable bonds is 6. The number of nitrogens with zero attached hydrogens (tertiary/aromatic N) is 3. The minimum Gasteiger partial charge on any atom is -0.360 e. The molecule has 134 valence electrons. The number of allylic oxidation sites excluding steroid dienone is 2. The Balaban J connectivity index is 2.48. The Morgan fingerprint density at radius 1 is 1.00 bits per heavy atom. The van der Waals surface area contributed by atoms with Gasteiger partial charge in [0.15, 0.2) is 0 Å². The molecular formula is C21H29N3O. The largest absolute Gasteiger partial charge is 0.360 e. The van der Waals surface area contributed by atoms with Crippen molar-refractivity contribution in [2.24, 2.45) is 10.9 Å². The quantitative estimate of drug-likeness (QED) is 0.790. The lowest BCUT2D eigenvalue weighted by Gasteiger charge is -2.30. The van der Waals surface area contributed by atoms with Crippen molar-refractivity contribution >= 4 is 17.3 Å². The Labute approximate surface area is 151 Å². The first-order chi connectivity index (χ1) is 12.2. The first kappa shape index (κ1) is 19.0. The number of carbonyl (C=O) groups is 1. The Bertz CT molecular complexity index is 653. The zero-order chi connectivity index (χ0) is 18.2. The molecule has 0 N–H and O–H groups in total. The zero-order valence-corrected chi connectivity index (χ0v) is 15.8. The van der Waals surface area contributed by atoms with Gasteiger partial charge in [-0.3, -0.25) is 4.79 Å². The van der Waals surface area contributed by atoms with Crippen molar-refractivity contribution < 1.29 is 4.79 Å². The first-order valence-corrected chi connectivity index (χ1v) is 9.21. The fourth-order valence-corrected chi connectivity index (χ4v) is 3.15. The highest BCUT2D eigenvalue weighted by atomic mass is 16.2. The molecule has 1 aliphatic heterocycles. The van der Waals surface area contributed by atoms with E-state index in [0.717, 1.165) is 30.1 Å². The van der Waals surface area contributed by atoms with Crippen LogP contribution in [0.1, 0.15) is 33.3 Å². The van der Waals surface area contributed by atoms with Crippen LogP contribution in [0.25, 0.3) is 5.57 Å². The van der Waals surface area contributed by atoms with E-state index in [0.29, 0.717) is 13.1 Å². The number of amidine groups is 1. The number of amides is 1. The van der Waals surface area contributed by atoms with Gasteiger partial charge in [-0.25, -0.2) is 4.99 Å². The topological polar surface area (TPSA) is 35.9 Å². The second kappa shape index (κ2) is 9.21. The van der Waals surface area contributed by atoms with Crippen LogP contribution in [0.3, 0.4) is 0 Å². The molecule has 1 atom stereocenters. The smallest absolute Gasteiger partial charge is 0.237 e. The molecule has 0 saturated heterocycles. The maximum atomic E-state index is 13.2. The van der Waals surface area contributed by atoms with Gasteiger partial charge in [-0.15, -0.1) is 0 Å². The Hall–Kier alpha value is -2.36. The second-order valence-electron chi connectivity index (χ2n) is 5.95. The summed E-state index contributed by atoms with van der Waals surface area (Å²) in [6, 6.07) is 10.2. The summed E-state index contributed by atoms with van der Waals surface area (Å²) in [7, 11) is 0. The van der Waals surface area contributed by atoms with Crippen LogP contribution >= 0.6 is 0 Å². The maximum Gasteiger partial charge on any atom is 0.237 e. The molecule has 0 saturated carbocycles. The number of hydrogen-bond acceptors (Lipinski definition) is 3. The molecular weight excluding hydrogens is 310 g/mol. The zero-order valence-electron chi connectivity index (χ0n) is 15.8. The Kier molecular flexibility index (Phi) is 6.99. The fraction of sp³-hybridized carbons (Fsp3) is 0.429. The lowest BCUT2D eigenvalue weighted by Crippen LogP contribution is -2.44. The molecule has 4 heteroatoms. The molecule has 1 aliphatic rings. The normalized spacial score (nSPS) is 16.7. The van der Waals surface area contributed by atoms with Gasteiger partial charge in [0.1, 0.15) is 11.8 Å². The van der Waals surface area contributed by atoms with Gasteiger partial charge in [-0.1, -0.05) is 36.4 Å². The summed E-state index contributed by atoms with van der Waals surface area (Å²) in [5, 5.41) is 0. The lowest BCUT2D eigenvalue weighted by molar-refractivity contribution is -0.131. The minimum absolute atomic E-state index is 0.118. The van der Waals surface area contributed by atoms with E-state index in [9.17, 15) is 4.79 Å². The van der Waals surface area contributed by atoms with Crippen molar-refractivity contribution in [3.63, 3.8) is 0 Å². The third kappa shape index (κ3) is 4.38. The molecule has 0 aliphatic carbocycles. The van der Waals surface area contributed by atoms with E-state index in [2.05, 4.69) is 41.9 Å².